The fraction of sp³-hybridized carbons (Fsp3) is 0.188. The standard InChI is InChI=1S/C16H15BrN2O3S2/c1-3-12-8-15(22-18-12)11-7-16(23-9-11)24(20,21)19-14-5-4-10(2)6-13(14)17/h4-9,19H,3H2,1-2H3. The maximum Gasteiger partial charge on any atom is 0.271 e. The summed E-state index contributed by atoms with van der Waals surface area (Å²) in [5.74, 6) is 0.570. The largest absolute Gasteiger partial charge is 0.356 e. The maximum absolute atomic E-state index is 12.6. The molecule has 0 radical (unpaired) electrons. The van der Waals surface area contributed by atoms with E-state index in [2.05, 4.69) is 25.8 Å². The van der Waals surface area contributed by atoms with Crippen LogP contribution in [0.15, 0.2) is 48.9 Å². The van der Waals surface area contributed by atoms with Gasteiger partial charge in [-0.25, -0.2) is 8.42 Å². The lowest BCUT2D eigenvalue weighted by Gasteiger charge is -2.08. The topological polar surface area (TPSA) is 72.2 Å². The normalized spacial score (nSPS) is 11.6. The molecule has 0 spiro atoms. The van der Waals surface area contributed by atoms with E-state index in [1.165, 1.54) is 0 Å². The van der Waals surface area contributed by atoms with Gasteiger partial charge in [-0.3, -0.25) is 4.72 Å². The van der Waals surface area contributed by atoms with Crippen LogP contribution in [-0.4, -0.2) is 13.6 Å². The molecular weight excluding hydrogens is 412 g/mol. The molecule has 3 aromatic rings. The van der Waals surface area contributed by atoms with Crippen molar-refractivity contribution >= 4 is 43.0 Å². The molecule has 0 saturated heterocycles. The number of thiophene rings is 1. The van der Waals surface area contributed by atoms with Gasteiger partial charge in [0, 0.05) is 21.5 Å². The molecule has 1 N–H and O–H groups in total. The fourth-order valence-corrected chi connectivity index (χ4v) is 5.07. The zero-order valence-corrected chi connectivity index (χ0v) is 16.3. The smallest absolute Gasteiger partial charge is 0.271 e. The number of nitrogens with zero attached hydrogens (tertiary/aromatic N) is 1. The van der Waals surface area contributed by atoms with Crippen LogP contribution < -0.4 is 4.72 Å². The van der Waals surface area contributed by atoms with Crippen LogP contribution in [0.25, 0.3) is 11.3 Å². The number of aromatic nitrogens is 1. The Kier molecular flexibility index (Phi) is 4.80. The fourth-order valence-electron chi connectivity index (χ4n) is 2.10. The molecule has 2 aromatic heterocycles. The van der Waals surface area contributed by atoms with Gasteiger partial charge in [-0.1, -0.05) is 18.1 Å². The van der Waals surface area contributed by atoms with Gasteiger partial charge in [0.15, 0.2) is 5.76 Å². The van der Waals surface area contributed by atoms with Gasteiger partial charge in [-0.05, 0) is 53.0 Å². The minimum Gasteiger partial charge on any atom is -0.356 e. The van der Waals surface area contributed by atoms with E-state index >= 15 is 0 Å². The van der Waals surface area contributed by atoms with Crippen LogP contribution in [0.4, 0.5) is 5.69 Å². The predicted molar refractivity (Wildman–Crippen MR) is 98.9 cm³/mol. The minimum absolute atomic E-state index is 0.222. The number of hydrogen-bond donors (Lipinski definition) is 1. The zero-order valence-electron chi connectivity index (χ0n) is 13.0. The minimum atomic E-state index is -3.66. The average Bonchev–Trinajstić information content (AvgIpc) is 3.18. The molecule has 2 heterocycles. The van der Waals surface area contributed by atoms with Gasteiger partial charge in [0.05, 0.1) is 11.4 Å². The number of rotatable bonds is 5. The molecule has 0 amide bonds. The van der Waals surface area contributed by atoms with E-state index in [1.54, 1.807) is 17.5 Å². The molecule has 0 atom stereocenters. The van der Waals surface area contributed by atoms with Crippen LogP contribution in [-0.2, 0) is 16.4 Å². The van der Waals surface area contributed by atoms with Crippen molar-refractivity contribution in [3.63, 3.8) is 0 Å². The summed E-state index contributed by atoms with van der Waals surface area (Å²) in [5.41, 5.74) is 3.08. The van der Waals surface area contributed by atoms with Crippen molar-refractivity contribution in [3.8, 4) is 11.3 Å². The first-order valence-electron chi connectivity index (χ1n) is 7.22. The predicted octanol–water partition coefficient (Wildman–Crippen LogP) is 4.84. The number of nitrogens with one attached hydrogen (secondary N) is 1. The van der Waals surface area contributed by atoms with Gasteiger partial charge in [0.1, 0.15) is 4.21 Å². The summed E-state index contributed by atoms with van der Waals surface area (Å²) >= 11 is 4.52. The van der Waals surface area contributed by atoms with Crippen LogP contribution in [0.5, 0.6) is 0 Å². The lowest BCUT2D eigenvalue weighted by atomic mass is 10.2. The first kappa shape index (κ1) is 17.2. The van der Waals surface area contributed by atoms with Crippen LogP contribution in [0, 0.1) is 6.92 Å². The zero-order chi connectivity index (χ0) is 17.3. The third-order valence-corrected chi connectivity index (χ3v) is 6.88. The Bertz CT molecular complexity index is 977. The number of halogens is 1. The summed E-state index contributed by atoms with van der Waals surface area (Å²) in [4.78, 5) is 0. The summed E-state index contributed by atoms with van der Waals surface area (Å²) in [6.07, 6.45) is 0.766. The lowest BCUT2D eigenvalue weighted by molar-refractivity contribution is 0.424. The van der Waals surface area contributed by atoms with Gasteiger partial charge in [0.2, 0.25) is 0 Å². The van der Waals surface area contributed by atoms with Crippen LogP contribution in [0.2, 0.25) is 0 Å². The van der Waals surface area contributed by atoms with E-state index < -0.39 is 10.0 Å². The number of benzene rings is 1. The van der Waals surface area contributed by atoms with E-state index in [-0.39, 0.29) is 4.21 Å². The van der Waals surface area contributed by atoms with Crippen LogP contribution >= 0.6 is 27.3 Å². The van der Waals surface area contributed by atoms with Crippen molar-refractivity contribution in [2.75, 3.05) is 4.72 Å². The van der Waals surface area contributed by atoms with Gasteiger partial charge in [0.25, 0.3) is 10.0 Å². The Hall–Kier alpha value is -1.64. The number of hydrogen-bond acceptors (Lipinski definition) is 5. The summed E-state index contributed by atoms with van der Waals surface area (Å²) < 4.78 is 33.9. The number of sulfonamides is 1. The molecule has 0 aliphatic carbocycles. The van der Waals surface area contributed by atoms with Gasteiger partial charge in [-0.15, -0.1) is 11.3 Å². The summed E-state index contributed by atoms with van der Waals surface area (Å²) in [6.45, 7) is 3.92. The van der Waals surface area contributed by atoms with E-state index in [0.29, 0.717) is 21.5 Å². The van der Waals surface area contributed by atoms with Crippen molar-refractivity contribution in [2.24, 2.45) is 0 Å². The Morgan fingerprint density at radius 3 is 2.75 bits per heavy atom. The maximum atomic E-state index is 12.6. The van der Waals surface area contributed by atoms with E-state index in [0.717, 1.165) is 29.0 Å². The van der Waals surface area contributed by atoms with Gasteiger partial charge >= 0.3 is 0 Å². The Balaban J connectivity index is 1.87. The second-order valence-corrected chi connectivity index (χ2v) is 8.95. The molecule has 3 rings (SSSR count). The highest BCUT2D eigenvalue weighted by Gasteiger charge is 2.20. The molecule has 8 heteroatoms. The molecule has 0 unspecified atom stereocenters. The molecule has 24 heavy (non-hydrogen) atoms. The Labute approximate surface area is 152 Å². The van der Waals surface area contributed by atoms with Gasteiger partial charge < -0.3 is 4.52 Å². The third-order valence-electron chi connectivity index (χ3n) is 3.41. The van der Waals surface area contributed by atoms with Crippen LogP contribution in [0.1, 0.15) is 18.2 Å². The molecule has 0 fully saturated rings. The molecule has 0 aliphatic rings. The molecule has 0 saturated carbocycles. The highest BCUT2D eigenvalue weighted by molar-refractivity contribution is 9.10. The Morgan fingerprint density at radius 2 is 2.08 bits per heavy atom. The summed E-state index contributed by atoms with van der Waals surface area (Å²) in [5, 5.41) is 5.68. The second-order valence-electron chi connectivity index (χ2n) is 5.28. The first-order valence-corrected chi connectivity index (χ1v) is 10.4. The number of aryl methyl sites for hydroxylation is 2. The van der Waals surface area contributed by atoms with Gasteiger partial charge in [-0.2, -0.15) is 0 Å². The first-order chi connectivity index (χ1) is 11.4. The highest BCUT2D eigenvalue weighted by Crippen LogP contribution is 2.32. The van der Waals surface area contributed by atoms with Crippen molar-refractivity contribution in [3.05, 3.63) is 51.4 Å². The lowest BCUT2D eigenvalue weighted by Crippen LogP contribution is -2.11. The van der Waals surface area contributed by atoms with E-state index in [4.69, 9.17) is 4.52 Å². The van der Waals surface area contributed by atoms with Crippen LogP contribution in [0.3, 0.4) is 0 Å². The summed E-state index contributed by atoms with van der Waals surface area (Å²) in [6, 6.07) is 8.86. The Morgan fingerprint density at radius 1 is 1.29 bits per heavy atom. The van der Waals surface area contributed by atoms with E-state index in [9.17, 15) is 8.42 Å². The molecule has 5 nitrogen and oxygen atoms in total. The summed E-state index contributed by atoms with van der Waals surface area (Å²) in [7, 11) is -3.66. The average molecular weight is 427 g/mol. The third kappa shape index (κ3) is 3.55. The van der Waals surface area contributed by atoms with Crippen molar-refractivity contribution in [1.82, 2.24) is 5.16 Å². The monoisotopic (exact) mass is 426 g/mol. The van der Waals surface area contributed by atoms with Crippen molar-refractivity contribution in [1.29, 1.82) is 0 Å². The van der Waals surface area contributed by atoms with Crippen molar-refractivity contribution in [2.45, 2.75) is 24.5 Å². The van der Waals surface area contributed by atoms with E-state index in [1.807, 2.05) is 32.0 Å². The molecule has 126 valence electrons. The molecular formula is C16H15BrN2O3S2. The molecule has 1 aromatic carbocycles. The quantitative estimate of drug-likeness (QED) is 0.633. The molecule has 0 aliphatic heterocycles. The second kappa shape index (κ2) is 6.70. The van der Waals surface area contributed by atoms with Crippen molar-refractivity contribution < 1.29 is 12.9 Å². The SMILES string of the molecule is CCc1cc(-c2csc(S(=O)(=O)Nc3ccc(C)cc3Br)c2)on1. The molecule has 0 bridgehead atoms. The highest BCUT2D eigenvalue weighted by atomic mass is 79.9. The number of anilines is 1.